The van der Waals surface area contributed by atoms with E-state index in [1.165, 1.54) is 11.8 Å². The van der Waals surface area contributed by atoms with Crippen molar-refractivity contribution in [3.05, 3.63) is 144 Å². The maximum Gasteiger partial charge on any atom is 0.408 e. The lowest BCUT2D eigenvalue weighted by Gasteiger charge is -2.36. The van der Waals surface area contributed by atoms with E-state index in [1.807, 2.05) is 121 Å². The van der Waals surface area contributed by atoms with E-state index in [1.54, 1.807) is 48.5 Å². The van der Waals surface area contributed by atoms with E-state index in [0.29, 0.717) is 0 Å². The van der Waals surface area contributed by atoms with Crippen molar-refractivity contribution in [2.75, 3.05) is 18.9 Å². The zero-order valence-electron chi connectivity index (χ0n) is 37.8. The quantitative estimate of drug-likeness (QED) is 0.0398. The van der Waals surface area contributed by atoms with Crippen LogP contribution < -0.4 is 21.7 Å². The highest BCUT2D eigenvalue weighted by Crippen LogP contribution is 2.49. The van der Waals surface area contributed by atoms with Crippen molar-refractivity contribution >= 4 is 47.4 Å². The van der Waals surface area contributed by atoms with Crippen molar-refractivity contribution in [3.8, 4) is 0 Å². The monoisotopic (exact) mass is 894 g/mol. The normalized spacial score (nSPS) is 13.6. The Morgan fingerprint density at radius 3 is 1.58 bits per heavy atom. The number of esters is 2. The van der Waals surface area contributed by atoms with Gasteiger partial charge in [0, 0.05) is 18.7 Å². The van der Waals surface area contributed by atoms with Gasteiger partial charge in [-0.15, -0.1) is 11.8 Å². The minimum atomic E-state index is -1.52. The number of thioether (sulfide) groups is 1. The smallest absolute Gasteiger partial charge is 0.408 e. The number of nitrogens with two attached hydrogens (primary N) is 1. The molecule has 342 valence electrons. The number of rotatable bonds is 21. The van der Waals surface area contributed by atoms with Crippen molar-refractivity contribution in [3.63, 3.8) is 0 Å². The molecule has 64 heavy (non-hydrogen) atoms. The Labute approximate surface area is 381 Å². The lowest BCUT2D eigenvalue weighted by Crippen LogP contribution is -2.57. The lowest BCUT2D eigenvalue weighted by molar-refractivity contribution is -0.156. The van der Waals surface area contributed by atoms with Crippen molar-refractivity contribution in [1.82, 2.24) is 16.0 Å². The molecule has 14 heteroatoms. The van der Waals surface area contributed by atoms with Crippen LogP contribution in [0, 0.1) is 5.92 Å². The van der Waals surface area contributed by atoms with Gasteiger partial charge in [-0.25, -0.2) is 4.79 Å². The third kappa shape index (κ3) is 15.7. The number of alkyl carbamates (subject to hydrolysis) is 1. The second-order valence-corrected chi connectivity index (χ2v) is 18.5. The summed E-state index contributed by atoms with van der Waals surface area (Å²) in [5, 5.41) is 7.72. The fourth-order valence-corrected chi connectivity index (χ4v) is 8.48. The van der Waals surface area contributed by atoms with Gasteiger partial charge in [0.2, 0.25) is 11.8 Å². The highest BCUT2D eigenvalue weighted by molar-refractivity contribution is 8.00. The average molecular weight is 895 g/mol. The van der Waals surface area contributed by atoms with Crippen LogP contribution in [0.2, 0.25) is 0 Å². The van der Waals surface area contributed by atoms with Crippen LogP contribution in [0.4, 0.5) is 4.79 Å². The number of ether oxygens (including phenoxy) is 3. The fourth-order valence-electron chi connectivity index (χ4n) is 6.87. The van der Waals surface area contributed by atoms with Crippen LogP contribution in [0.25, 0.3) is 0 Å². The summed E-state index contributed by atoms with van der Waals surface area (Å²) < 4.78 is 15.7. The van der Waals surface area contributed by atoms with Gasteiger partial charge in [-0.2, -0.15) is 0 Å². The van der Waals surface area contributed by atoms with Crippen LogP contribution in [0.15, 0.2) is 121 Å². The molecule has 13 nitrogen and oxygen atoms in total. The number of carbonyl (C=O) groups excluding carboxylic acids is 6. The lowest BCUT2D eigenvalue weighted by atomic mass is 9.84. The largest absolute Gasteiger partial charge is 0.466 e. The molecule has 0 fully saturated rings. The second kappa shape index (κ2) is 23.6. The molecule has 0 aliphatic rings. The van der Waals surface area contributed by atoms with Gasteiger partial charge < -0.3 is 35.9 Å². The molecule has 0 spiro atoms. The Bertz CT molecular complexity index is 2050. The van der Waals surface area contributed by atoms with Crippen LogP contribution in [0.5, 0.6) is 0 Å². The predicted molar refractivity (Wildman–Crippen MR) is 248 cm³/mol. The molecule has 0 radical (unpaired) electrons. The summed E-state index contributed by atoms with van der Waals surface area (Å²) in [6, 6.07) is 34.7. The first-order valence-corrected chi connectivity index (χ1v) is 22.4. The minimum Gasteiger partial charge on any atom is -0.466 e. The Kier molecular flexibility index (Phi) is 18.7. The van der Waals surface area contributed by atoms with Crippen molar-refractivity contribution in [2.45, 2.75) is 102 Å². The van der Waals surface area contributed by atoms with Crippen LogP contribution in [-0.2, 0) is 49.4 Å². The van der Waals surface area contributed by atoms with Gasteiger partial charge in [0.1, 0.15) is 17.2 Å². The summed E-state index contributed by atoms with van der Waals surface area (Å²) in [6.07, 6.45) is -1.79. The van der Waals surface area contributed by atoms with Crippen LogP contribution >= 0.6 is 11.8 Å². The van der Waals surface area contributed by atoms with Crippen LogP contribution in [0.1, 0.15) is 83.6 Å². The molecule has 0 aliphatic carbocycles. The molecule has 0 aliphatic heterocycles. The highest BCUT2D eigenvalue weighted by Gasteiger charge is 2.40. The van der Waals surface area contributed by atoms with Gasteiger partial charge in [0.05, 0.1) is 35.8 Å². The molecule has 4 atom stereocenters. The van der Waals surface area contributed by atoms with E-state index < -0.39 is 95.0 Å². The van der Waals surface area contributed by atoms with Gasteiger partial charge in [0.25, 0.3) is 0 Å². The van der Waals surface area contributed by atoms with Crippen molar-refractivity contribution in [1.29, 1.82) is 0 Å². The number of benzene rings is 4. The van der Waals surface area contributed by atoms with Gasteiger partial charge in [0.15, 0.2) is 5.78 Å². The van der Waals surface area contributed by atoms with E-state index >= 15 is 0 Å². The second-order valence-electron chi connectivity index (χ2n) is 17.3. The fraction of sp³-hybridized carbons (Fsp3) is 0.400. The van der Waals surface area contributed by atoms with Crippen molar-refractivity contribution < 1.29 is 43.0 Å². The molecule has 0 heterocycles. The number of amides is 3. The van der Waals surface area contributed by atoms with Crippen LogP contribution in [-0.4, -0.2) is 83.9 Å². The SMILES string of the molecule is CCOC(=O)[C@H](CSC(c1ccccc1)(c1ccccc1)c1ccccc1)CC(=O)[C@H](CC(=O)OC(C)(C)C)NC(=O)[C@H](CNC(=O)[C@@H](N)Cc1ccccc1)NC(=O)OC(C)(C)C. The molecule has 4 aromatic rings. The van der Waals surface area contributed by atoms with Gasteiger partial charge >= 0.3 is 18.0 Å². The van der Waals surface area contributed by atoms with Gasteiger partial charge in [-0.3, -0.25) is 24.0 Å². The molecule has 3 amide bonds. The molecule has 0 saturated carbocycles. The van der Waals surface area contributed by atoms with E-state index in [9.17, 15) is 28.8 Å². The number of carbonyl (C=O) groups is 6. The van der Waals surface area contributed by atoms with Gasteiger partial charge in [-0.1, -0.05) is 121 Å². The third-order valence-corrected chi connectivity index (χ3v) is 11.4. The topological polar surface area (TPSA) is 192 Å². The molecule has 0 saturated heterocycles. The molecule has 4 rings (SSSR count). The van der Waals surface area contributed by atoms with Crippen LogP contribution in [0.3, 0.4) is 0 Å². The van der Waals surface area contributed by atoms with E-state index in [2.05, 4.69) is 16.0 Å². The zero-order valence-corrected chi connectivity index (χ0v) is 38.6. The number of Topliss-reactive ketones (excluding diaryl/α,β-unsaturated/α-hetero) is 1. The first kappa shape index (κ1) is 50.7. The van der Waals surface area contributed by atoms with E-state index in [-0.39, 0.29) is 18.8 Å². The summed E-state index contributed by atoms with van der Waals surface area (Å²) in [6.45, 7) is 11.2. The number of nitrogens with one attached hydrogen (secondary N) is 3. The first-order valence-electron chi connectivity index (χ1n) is 21.4. The Morgan fingerprint density at radius 1 is 0.625 bits per heavy atom. The molecule has 0 unspecified atom stereocenters. The zero-order chi connectivity index (χ0) is 46.9. The summed E-state index contributed by atoms with van der Waals surface area (Å²) in [7, 11) is 0. The summed E-state index contributed by atoms with van der Waals surface area (Å²) >= 11 is 1.46. The van der Waals surface area contributed by atoms with Crippen molar-refractivity contribution in [2.24, 2.45) is 11.7 Å². The summed E-state index contributed by atoms with van der Waals surface area (Å²) in [5.41, 5.74) is 7.98. The number of ketones is 1. The average Bonchev–Trinajstić information content (AvgIpc) is 3.24. The highest BCUT2D eigenvalue weighted by atomic mass is 32.2. The van der Waals surface area contributed by atoms with Gasteiger partial charge in [-0.05, 0) is 77.1 Å². The Morgan fingerprint density at radius 2 is 1.11 bits per heavy atom. The number of hydrogen-bond donors (Lipinski definition) is 4. The maximum absolute atomic E-state index is 14.6. The third-order valence-electron chi connectivity index (χ3n) is 9.73. The molecule has 4 aromatic carbocycles. The Balaban J connectivity index is 1.67. The molecule has 0 aromatic heterocycles. The molecule has 0 bridgehead atoms. The standard InChI is InChI=1S/C50H62N4O9S/c1-8-61-46(59)35(33-64-50(36-23-15-10-16-24-36,37-25-17-11-18-26-37)38-27-19-12-20-28-38)30-42(55)40(31-43(56)62-48(2,3)4)53-45(58)41(54-47(60)63-49(5,6)7)32-52-44(57)39(51)29-34-21-13-9-14-22-34/h9-28,35,39-41H,8,29-33,51H2,1-7H3,(H,52,57)(H,53,58)(H,54,60)/t35-,39-,40-,41-/m0/s1. The molecular formula is C50H62N4O9S. The van der Waals surface area contributed by atoms with E-state index in [0.717, 1.165) is 22.3 Å². The maximum atomic E-state index is 14.6. The van der Waals surface area contributed by atoms with E-state index in [4.69, 9.17) is 19.9 Å². The predicted octanol–water partition coefficient (Wildman–Crippen LogP) is 6.65. The Hall–Kier alpha value is -5.99. The number of hydrogen-bond acceptors (Lipinski definition) is 11. The molecular weight excluding hydrogens is 833 g/mol. The minimum absolute atomic E-state index is 0.0478. The first-order chi connectivity index (χ1) is 30.3. The summed E-state index contributed by atoms with van der Waals surface area (Å²) in [4.78, 5) is 82.2. The molecule has 5 N–H and O–H groups in total. The summed E-state index contributed by atoms with van der Waals surface area (Å²) in [5.74, 6) is -4.54.